The van der Waals surface area contributed by atoms with Crippen LogP contribution in [-0.2, 0) is 0 Å². The van der Waals surface area contributed by atoms with Crippen LogP contribution in [0.4, 0.5) is 0 Å². The number of aliphatic imine (C=N–C) groups is 2. The maximum Gasteiger partial charge on any atom is 0.159 e. The highest BCUT2D eigenvalue weighted by Gasteiger charge is 2.12. The van der Waals surface area contributed by atoms with Crippen molar-refractivity contribution in [1.82, 2.24) is 0 Å². The zero-order chi connectivity index (χ0) is 23.9. The van der Waals surface area contributed by atoms with Gasteiger partial charge < -0.3 is 0 Å². The van der Waals surface area contributed by atoms with Gasteiger partial charge in [0, 0.05) is 11.8 Å². The molecule has 0 aliphatic heterocycles. The van der Waals surface area contributed by atoms with Gasteiger partial charge in [0.05, 0.1) is 5.70 Å². The Balaban J connectivity index is 1.86. The minimum absolute atomic E-state index is 0.638. The van der Waals surface area contributed by atoms with Crippen molar-refractivity contribution in [3.8, 4) is 11.1 Å². The molecular formula is C32H28N2. The van der Waals surface area contributed by atoms with Gasteiger partial charge in [0.25, 0.3) is 0 Å². The van der Waals surface area contributed by atoms with Crippen molar-refractivity contribution in [3.63, 3.8) is 0 Å². The molecule has 0 saturated heterocycles. The number of rotatable bonds is 6. The molecular weight excluding hydrogens is 412 g/mol. The first kappa shape index (κ1) is 22.9. The number of hydrogen-bond donors (Lipinski definition) is 0. The highest BCUT2D eigenvalue weighted by molar-refractivity contribution is 6.13. The summed E-state index contributed by atoms with van der Waals surface area (Å²) < 4.78 is 0. The summed E-state index contributed by atoms with van der Waals surface area (Å²) in [6.07, 6.45) is 9.29. The number of nitrogens with zero attached hydrogens (tertiary/aromatic N) is 2. The van der Waals surface area contributed by atoms with Crippen LogP contribution in [0.15, 0.2) is 138 Å². The molecule has 0 bridgehead atoms. The van der Waals surface area contributed by atoms with E-state index in [-0.39, 0.29) is 0 Å². The number of amidine groups is 1. The van der Waals surface area contributed by atoms with Gasteiger partial charge in [0.2, 0.25) is 0 Å². The van der Waals surface area contributed by atoms with Crippen molar-refractivity contribution in [2.45, 2.75) is 13.8 Å². The van der Waals surface area contributed by atoms with E-state index in [2.05, 4.69) is 90.9 Å². The first-order valence-corrected chi connectivity index (χ1v) is 11.4. The van der Waals surface area contributed by atoms with E-state index >= 15 is 0 Å². The summed E-state index contributed by atoms with van der Waals surface area (Å²) in [6.45, 7) is 11.7. The predicted octanol–water partition coefficient (Wildman–Crippen LogP) is 8.70. The molecule has 0 aliphatic carbocycles. The summed E-state index contributed by atoms with van der Waals surface area (Å²) in [5.74, 6) is 0.638. The van der Waals surface area contributed by atoms with Crippen LogP contribution in [0.2, 0.25) is 0 Å². The highest BCUT2D eigenvalue weighted by atomic mass is 14.9. The van der Waals surface area contributed by atoms with E-state index < -0.39 is 0 Å². The number of hydrogen-bond acceptors (Lipinski definition) is 1. The minimum atomic E-state index is 0.638. The van der Waals surface area contributed by atoms with Crippen LogP contribution >= 0.6 is 0 Å². The lowest BCUT2D eigenvalue weighted by molar-refractivity contribution is 1.28. The van der Waals surface area contributed by atoms with Gasteiger partial charge in [0.1, 0.15) is 0 Å². The second-order valence-electron chi connectivity index (χ2n) is 8.01. The molecule has 0 unspecified atom stereocenters. The van der Waals surface area contributed by atoms with E-state index in [0.29, 0.717) is 11.5 Å². The summed E-state index contributed by atoms with van der Waals surface area (Å²) in [6, 6.07) is 27.8. The maximum absolute atomic E-state index is 4.77. The zero-order valence-corrected chi connectivity index (χ0v) is 19.7. The third-order valence-electron chi connectivity index (χ3n) is 5.72. The monoisotopic (exact) mass is 440 g/mol. The number of benzene rings is 4. The molecule has 0 fully saturated rings. The Labute approximate surface area is 201 Å². The molecule has 0 aliphatic rings. The average Bonchev–Trinajstić information content (AvgIpc) is 2.87. The fraction of sp³-hybridized carbons (Fsp3) is 0.0625. The molecule has 0 heterocycles. The summed E-state index contributed by atoms with van der Waals surface area (Å²) in [4.78, 5) is 9.35. The molecule has 4 aromatic rings. The van der Waals surface area contributed by atoms with Crippen molar-refractivity contribution >= 4 is 33.6 Å². The van der Waals surface area contributed by atoms with Crippen LogP contribution in [0, 0.1) is 0 Å². The summed E-state index contributed by atoms with van der Waals surface area (Å²) in [5, 5.41) is 4.91. The SMILES string of the molecule is C=C/C=C\C=C(/C)C(=C)/N=C(\N=C/C)c1cccc(-c2c3ccccc3cc3ccccc23)c1. The number of allylic oxidation sites excluding steroid dienone is 5. The Bertz CT molecular complexity index is 1440. The van der Waals surface area contributed by atoms with E-state index in [1.165, 1.54) is 27.1 Å². The van der Waals surface area contributed by atoms with Crippen molar-refractivity contribution in [2.24, 2.45) is 9.98 Å². The predicted molar refractivity (Wildman–Crippen MR) is 150 cm³/mol. The average molecular weight is 441 g/mol. The fourth-order valence-corrected chi connectivity index (χ4v) is 4.02. The van der Waals surface area contributed by atoms with Gasteiger partial charge in [-0.3, -0.25) is 0 Å². The summed E-state index contributed by atoms with van der Waals surface area (Å²) in [7, 11) is 0. The van der Waals surface area contributed by atoms with Crippen LogP contribution in [0.25, 0.3) is 32.7 Å². The lowest BCUT2D eigenvalue weighted by Gasteiger charge is -2.13. The molecule has 0 N–H and O–H groups in total. The highest BCUT2D eigenvalue weighted by Crippen LogP contribution is 2.36. The molecule has 0 saturated carbocycles. The Morgan fingerprint density at radius 3 is 2.15 bits per heavy atom. The largest absolute Gasteiger partial charge is 0.241 e. The molecule has 0 spiro atoms. The van der Waals surface area contributed by atoms with Gasteiger partial charge in [-0.05, 0) is 64.2 Å². The van der Waals surface area contributed by atoms with Crippen molar-refractivity contribution in [3.05, 3.63) is 133 Å². The first-order valence-electron chi connectivity index (χ1n) is 11.4. The normalized spacial score (nSPS) is 12.8. The van der Waals surface area contributed by atoms with Gasteiger partial charge in [-0.1, -0.05) is 104 Å². The second-order valence-corrected chi connectivity index (χ2v) is 8.01. The molecule has 0 radical (unpaired) electrons. The number of fused-ring (bicyclic) bond motifs is 2. The molecule has 166 valence electrons. The minimum Gasteiger partial charge on any atom is -0.241 e. The van der Waals surface area contributed by atoms with Crippen LogP contribution < -0.4 is 0 Å². The molecule has 2 nitrogen and oxygen atoms in total. The van der Waals surface area contributed by atoms with Crippen LogP contribution in [0.3, 0.4) is 0 Å². The second kappa shape index (κ2) is 10.5. The van der Waals surface area contributed by atoms with E-state index in [4.69, 9.17) is 4.99 Å². The van der Waals surface area contributed by atoms with Crippen LogP contribution in [0.1, 0.15) is 19.4 Å². The Morgan fingerprint density at radius 1 is 0.824 bits per heavy atom. The van der Waals surface area contributed by atoms with E-state index in [0.717, 1.165) is 16.7 Å². The maximum atomic E-state index is 4.77. The van der Waals surface area contributed by atoms with Gasteiger partial charge in [-0.25, -0.2) is 9.98 Å². The molecule has 4 rings (SSSR count). The zero-order valence-electron chi connectivity index (χ0n) is 19.7. The van der Waals surface area contributed by atoms with Gasteiger partial charge in [-0.2, -0.15) is 0 Å². The molecule has 4 aromatic carbocycles. The summed E-state index contributed by atoms with van der Waals surface area (Å²) >= 11 is 0. The van der Waals surface area contributed by atoms with Gasteiger partial charge in [0.15, 0.2) is 5.84 Å². The summed E-state index contributed by atoms with van der Waals surface area (Å²) in [5.41, 5.74) is 4.95. The Hall–Kier alpha value is -4.30. The van der Waals surface area contributed by atoms with E-state index in [9.17, 15) is 0 Å². The van der Waals surface area contributed by atoms with Crippen LogP contribution in [0.5, 0.6) is 0 Å². The molecule has 34 heavy (non-hydrogen) atoms. The molecule has 0 atom stereocenters. The van der Waals surface area contributed by atoms with Crippen molar-refractivity contribution < 1.29 is 0 Å². The molecule has 2 heteroatoms. The van der Waals surface area contributed by atoms with Crippen molar-refractivity contribution in [2.75, 3.05) is 0 Å². The standard InChI is InChI=1S/C32H28N2/c1-5-7-8-14-23(3)24(4)34-32(33-6-2)28-18-13-17-27(22-28)31-29-19-11-9-15-25(29)21-26-16-10-12-20-30(26)31/h5-22H,1,4H2,2-3H3/b8-7-,23-14+,33-6-,34-32-. The van der Waals surface area contributed by atoms with E-state index in [1.807, 2.05) is 38.1 Å². The Morgan fingerprint density at radius 2 is 1.50 bits per heavy atom. The topological polar surface area (TPSA) is 24.7 Å². The van der Waals surface area contributed by atoms with Gasteiger partial charge in [-0.15, -0.1) is 0 Å². The van der Waals surface area contributed by atoms with Crippen molar-refractivity contribution in [1.29, 1.82) is 0 Å². The smallest absolute Gasteiger partial charge is 0.159 e. The fourth-order valence-electron chi connectivity index (χ4n) is 4.02. The third kappa shape index (κ3) is 4.87. The molecule has 0 amide bonds. The Kier molecular flexibility index (Phi) is 7.10. The van der Waals surface area contributed by atoms with E-state index in [1.54, 1.807) is 12.3 Å². The van der Waals surface area contributed by atoms with Gasteiger partial charge >= 0.3 is 0 Å². The first-order chi connectivity index (χ1) is 16.6. The molecule has 0 aromatic heterocycles. The lowest BCUT2D eigenvalue weighted by Crippen LogP contribution is -1.99. The third-order valence-corrected chi connectivity index (χ3v) is 5.72. The quantitative estimate of drug-likeness (QED) is 0.124. The lowest BCUT2D eigenvalue weighted by atomic mass is 9.91. The van der Waals surface area contributed by atoms with Crippen LogP contribution in [-0.4, -0.2) is 12.1 Å².